The zero-order chi connectivity index (χ0) is 15.2. The van der Waals surface area contributed by atoms with Crippen LogP contribution in [0.2, 0.25) is 0 Å². The van der Waals surface area contributed by atoms with Crippen LogP contribution in [-0.2, 0) is 0 Å². The van der Waals surface area contributed by atoms with Gasteiger partial charge in [0, 0.05) is 9.79 Å². The van der Waals surface area contributed by atoms with Crippen LogP contribution in [-0.4, -0.2) is 23.4 Å². The molecule has 0 spiro atoms. The molecule has 0 aliphatic rings. The second-order valence-electron chi connectivity index (χ2n) is 4.23. The summed E-state index contributed by atoms with van der Waals surface area (Å²) in [4.78, 5) is 1.87. The third-order valence-electron chi connectivity index (χ3n) is 2.70. The fourth-order valence-corrected chi connectivity index (χ4v) is 2.67. The number of rotatable bonds is 6. The molecule has 0 fully saturated rings. The van der Waals surface area contributed by atoms with Crippen LogP contribution in [0.3, 0.4) is 0 Å². The molecule has 0 unspecified atom stereocenters. The number of phenolic OH excluding ortho intramolecular Hbond substituents is 2. The first-order valence-corrected chi connectivity index (χ1v) is 7.55. The van der Waals surface area contributed by atoms with Gasteiger partial charge in [0.15, 0.2) is 23.0 Å². The van der Waals surface area contributed by atoms with Gasteiger partial charge in [-0.05, 0) is 50.2 Å². The van der Waals surface area contributed by atoms with Gasteiger partial charge in [0.25, 0.3) is 0 Å². The predicted molar refractivity (Wildman–Crippen MR) is 82.7 cm³/mol. The summed E-state index contributed by atoms with van der Waals surface area (Å²) in [5.41, 5.74) is 0. The molecule has 0 radical (unpaired) electrons. The third kappa shape index (κ3) is 3.98. The van der Waals surface area contributed by atoms with Gasteiger partial charge in [-0.25, -0.2) is 0 Å². The Hall–Kier alpha value is -2.01. The van der Waals surface area contributed by atoms with Crippen molar-refractivity contribution in [2.45, 2.75) is 23.6 Å². The Balaban J connectivity index is 2.21. The van der Waals surface area contributed by atoms with Gasteiger partial charge >= 0.3 is 0 Å². The van der Waals surface area contributed by atoms with Crippen molar-refractivity contribution >= 4 is 11.8 Å². The van der Waals surface area contributed by atoms with E-state index >= 15 is 0 Å². The molecule has 0 aliphatic heterocycles. The van der Waals surface area contributed by atoms with Crippen LogP contribution in [0.5, 0.6) is 23.0 Å². The lowest BCUT2D eigenvalue weighted by atomic mass is 10.3. The molecule has 2 aromatic rings. The SMILES string of the molecule is CCOc1cc(Sc2ccc(O)c(OCC)c2)ccc1O. The number of aromatic hydroxyl groups is 2. The summed E-state index contributed by atoms with van der Waals surface area (Å²) in [6.07, 6.45) is 0. The van der Waals surface area contributed by atoms with Crippen molar-refractivity contribution in [1.29, 1.82) is 0 Å². The number of hydrogen-bond acceptors (Lipinski definition) is 5. The van der Waals surface area contributed by atoms with Crippen LogP contribution >= 0.6 is 11.8 Å². The molecule has 0 aliphatic carbocycles. The zero-order valence-corrected chi connectivity index (χ0v) is 12.8. The third-order valence-corrected chi connectivity index (χ3v) is 3.68. The summed E-state index contributed by atoms with van der Waals surface area (Å²) < 4.78 is 10.7. The maximum atomic E-state index is 9.70. The van der Waals surface area contributed by atoms with E-state index in [1.165, 1.54) is 11.8 Å². The maximum absolute atomic E-state index is 9.70. The molecule has 0 heterocycles. The van der Waals surface area contributed by atoms with Crippen molar-refractivity contribution in [3.63, 3.8) is 0 Å². The molecule has 0 amide bonds. The Kier molecular flexibility index (Phi) is 5.22. The molecule has 2 rings (SSSR count). The number of phenols is 2. The van der Waals surface area contributed by atoms with Gasteiger partial charge < -0.3 is 19.7 Å². The molecular formula is C16H18O4S. The summed E-state index contributed by atoms with van der Waals surface area (Å²) >= 11 is 1.50. The molecule has 0 atom stereocenters. The fraction of sp³-hybridized carbons (Fsp3) is 0.250. The first-order valence-electron chi connectivity index (χ1n) is 6.73. The summed E-state index contributed by atoms with van der Waals surface area (Å²) in [6, 6.07) is 10.4. The lowest BCUT2D eigenvalue weighted by Crippen LogP contribution is -1.92. The average Bonchev–Trinajstić information content (AvgIpc) is 2.47. The molecule has 0 bridgehead atoms. The highest BCUT2D eigenvalue weighted by Crippen LogP contribution is 2.38. The highest BCUT2D eigenvalue weighted by Gasteiger charge is 2.08. The Morgan fingerprint density at radius 2 is 1.24 bits per heavy atom. The van der Waals surface area contributed by atoms with E-state index in [0.717, 1.165) is 9.79 Å². The van der Waals surface area contributed by atoms with E-state index in [1.807, 2.05) is 26.0 Å². The van der Waals surface area contributed by atoms with E-state index in [9.17, 15) is 10.2 Å². The van der Waals surface area contributed by atoms with Crippen LogP contribution in [0.1, 0.15) is 13.8 Å². The predicted octanol–water partition coefficient (Wildman–Crippen LogP) is 4.05. The standard InChI is InChI=1S/C16H18O4S/c1-3-19-15-9-11(5-7-13(15)17)21-12-6-8-14(18)16(10-12)20-4-2/h5-10,17-18H,3-4H2,1-2H3. The van der Waals surface area contributed by atoms with Gasteiger partial charge in [-0.2, -0.15) is 0 Å². The zero-order valence-electron chi connectivity index (χ0n) is 12.0. The second-order valence-corrected chi connectivity index (χ2v) is 5.37. The first-order chi connectivity index (χ1) is 10.1. The monoisotopic (exact) mass is 306 g/mol. The normalized spacial score (nSPS) is 10.4. The minimum atomic E-state index is 0.127. The summed E-state index contributed by atoms with van der Waals surface area (Å²) in [5.74, 6) is 1.18. The lowest BCUT2D eigenvalue weighted by molar-refractivity contribution is 0.317. The van der Waals surface area contributed by atoms with Crippen LogP contribution in [0.4, 0.5) is 0 Å². The highest BCUT2D eigenvalue weighted by atomic mass is 32.2. The van der Waals surface area contributed by atoms with Crippen LogP contribution in [0.25, 0.3) is 0 Å². The maximum Gasteiger partial charge on any atom is 0.162 e. The Labute approximate surface area is 128 Å². The van der Waals surface area contributed by atoms with Gasteiger partial charge in [0.2, 0.25) is 0 Å². The molecule has 0 aromatic heterocycles. The molecular weight excluding hydrogens is 288 g/mol. The van der Waals surface area contributed by atoms with Crippen molar-refractivity contribution in [2.75, 3.05) is 13.2 Å². The minimum Gasteiger partial charge on any atom is -0.504 e. The quantitative estimate of drug-likeness (QED) is 0.843. The summed E-state index contributed by atoms with van der Waals surface area (Å²) in [7, 11) is 0. The molecule has 4 nitrogen and oxygen atoms in total. The van der Waals surface area contributed by atoms with Crippen molar-refractivity contribution in [3.8, 4) is 23.0 Å². The number of benzene rings is 2. The van der Waals surface area contributed by atoms with E-state index < -0.39 is 0 Å². The van der Waals surface area contributed by atoms with E-state index in [2.05, 4.69) is 0 Å². The van der Waals surface area contributed by atoms with Crippen LogP contribution in [0, 0.1) is 0 Å². The Morgan fingerprint density at radius 3 is 1.62 bits per heavy atom. The van der Waals surface area contributed by atoms with E-state index in [0.29, 0.717) is 24.7 Å². The Morgan fingerprint density at radius 1 is 0.810 bits per heavy atom. The van der Waals surface area contributed by atoms with Gasteiger partial charge in [-0.3, -0.25) is 0 Å². The van der Waals surface area contributed by atoms with Crippen LogP contribution in [0.15, 0.2) is 46.2 Å². The first kappa shape index (κ1) is 15.4. The van der Waals surface area contributed by atoms with Gasteiger partial charge in [0.05, 0.1) is 13.2 Å². The van der Waals surface area contributed by atoms with Crippen molar-refractivity contribution in [1.82, 2.24) is 0 Å². The van der Waals surface area contributed by atoms with Gasteiger partial charge in [-0.15, -0.1) is 0 Å². The van der Waals surface area contributed by atoms with E-state index in [4.69, 9.17) is 9.47 Å². The highest BCUT2D eigenvalue weighted by molar-refractivity contribution is 7.99. The summed E-state index contributed by atoms with van der Waals surface area (Å²) in [5, 5.41) is 19.4. The smallest absolute Gasteiger partial charge is 0.162 e. The number of ether oxygens (including phenoxy) is 2. The molecule has 5 heteroatoms. The largest absolute Gasteiger partial charge is 0.504 e. The molecule has 2 N–H and O–H groups in total. The Bertz CT molecular complexity index is 560. The van der Waals surface area contributed by atoms with Crippen molar-refractivity contribution < 1.29 is 19.7 Å². The molecule has 0 saturated carbocycles. The minimum absolute atomic E-state index is 0.127. The molecule has 21 heavy (non-hydrogen) atoms. The van der Waals surface area contributed by atoms with Crippen molar-refractivity contribution in [3.05, 3.63) is 36.4 Å². The number of hydrogen-bond donors (Lipinski definition) is 2. The molecule has 112 valence electrons. The molecule has 0 saturated heterocycles. The van der Waals surface area contributed by atoms with E-state index in [-0.39, 0.29) is 11.5 Å². The average molecular weight is 306 g/mol. The fourth-order valence-electron chi connectivity index (χ4n) is 1.79. The van der Waals surface area contributed by atoms with Crippen LogP contribution < -0.4 is 9.47 Å². The molecule has 2 aromatic carbocycles. The van der Waals surface area contributed by atoms with Crippen molar-refractivity contribution in [2.24, 2.45) is 0 Å². The second kappa shape index (κ2) is 7.13. The summed E-state index contributed by atoms with van der Waals surface area (Å²) in [6.45, 7) is 4.73. The topological polar surface area (TPSA) is 58.9 Å². The van der Waals surface area contributed by atoms with Gasteiger partial charge in [-0.1, -0.05) is 11.8 Å². The van der Waals surface area contributed by atoms with E-state index in [1.54, 1.807) is 24.3 Å². The van der Waals surface area contributed by atoms with Gasteiger partial charge in [0.1, 0.15) is 0 Å². The lowest BCUT2D eigenvalue weighted by Gasteiger charge is -2.10.